The first-order chi connectivity index (χ1) is 12.1. The molecule has 4 rings (SSSR count). The maximum Gasteiger partial charge on any atom is 0.314 e. The van der Waals surface area contributed by atoms with E-state index in [0.29, 0.717) is 22.6 Å². The number of para-hydroxylation sites is 1. The first kappa shape index (κ1) is 15.2. The number of hydrogen-bond acceptors (Lipinski definition) is 5. The smallest absolute Gasteiger partial charge is 0.314 e. The molecule has 2 aliphatic rings. The molecular weight excluding hydrogens is 322 g/mol. The molecule has 1 N–H and O–H groups in total. The molecule has 0 saturated heterocycles. The van der Waals surface area contributed by atoms with E-state index in [9.17, 15) is 9.59 Å². The number of carbonyl (C=O) groups is 2. The van der Waals surface area contributed by atoms with Crippen molar-refractivity contribution in [2.45, 2.75) is 12.6 Å². The largest absolute Gasteiger partial charge is 0.497 e. The highest BCUT2D eigenvalue weighted by Gasteiger charge is 2.59. The third kappa shape index (κ3) is 2.09. The van der Waals surface area contributed by atoms with Crippen molar-refractivity contribution >= 4 is 23.4 Å². The number of hydrogen-bond donors (Lipinski definition) is 1. The van der Waals surface area contributed by atoms with E-state index in [-0.39, 0.29) is 5.90 Å². The topological polar surface area (TPSA) is 80.2 Å². The molecule has 7 nitrogen and oxygen atoms in total. The molecule has 7 heteroatoms. The fourth-order valence-corrected chi connectivity index (χ4v) is 3.04. The molecule has 25 heavy (non-hydrogen) atoms. The van der Waals surface area contributed by atoms with Crippen molar-refractivity contribution in [3.8, 4) is 5.75 Å². The molecule has 0 radical (unpaired) electrons. The van der Waals surface area contributed by atoms with Crippen LogP contribution in [-0.4, -0.2) is 29.8 Å². The zero-order valence-electron chi connectivity index (χ0n) is 13.6. The van der Waals surface area contributed by atoms with E-state index in [1.807, 2.05) is 0 Å². The van der Waals surface area contributed by atoms with Crippen molar-refractivity contribution in [1.29, 1.82) is 0 Å². The van der Waals surface area contributed by atoms with E-state index in [4.69, 9.17) is 9.47 Å². The first-order valence-electron chi connectivity index (χ1n) is 7.70. The quantitative estimate of drug-likeness (QED) is 0.909. The first-order valence-corrected chi connectivity index (χ1v) is 7.70. The van der Waals surface area contributed by atoms with Crippen molar-refractivity contribution in [3.63, 3.8) is 0 Å². The van der Waals surface area contributed by atoms with E-state index < -0.39 is 17.5 Å². The summed E-state index contributed by atoms with van der Waals surface area (Å²) in [5.41, 5.74) is 0.186. The molecule has 2 aromatic carbocycles. The van der Waals surface area contributed by atoms with Gasteiger partial charge in [0, 0.05) is 12.5 Å². The Morgan fingerprint density at radius 3 is 2.60 bits per heavy atom. The monoisotopic (exact) mass is 337 g/mol. The fraction of sp³-hybridized carbons (Fsp3) is 0.167. The lowest BCUT2D eigenvalue weighted by molar-refractivity contribution is -0.160. The van der Waals surface area contributed by atoms with Crippen LogP contribution in [0.2, 0.25) is 0 Å². The summed E-state index contributed by atoms with van der Waals surface area (Å²) in [5.74, 6) is 0.0423. The van der Waals surface area contributed by atoms with Crippen LogP contribution < -0.4 is 10.1 Å². The molecular formula is C18H15N3O4. The summed E-state index contributed by atoms with van der Waals surface area (Å²) in [6, 6.07) is 14.1. The second kappa shape index (κ2) is 5.34. The average Bonchev–Trinajstić information content (AvgIpc) is 3.16. The van der Waals surface area contributed by atoms with Crippen LogP contribution in [0.15, 0.2) is 53.6 Å². The highest BCUT2D eigenvalue weighted by Crippen LogP contribution is 2.45. The van der Waals surface area contributed by atoms with Gasteiger partial charge in [-0.15, -0.1) is 5.10 Å². The second-order valence-corrected chi connectivity index (χ2v) is 5.71. The van der Waals surface area contributed by atoms with Crippen LogP contribution in [0.4, 0.5) is 5.69 Å². The zero-order chi connectivity index (χ0) is 17.6. The van der Waals surface area contributed by atoms with Gasteiger partial charge in [0.25, 0.3) is 5.91 Å². The fourth-order valence-electron chi connectivity index (χ4n) is 3.04. The number of rotatable bonds is 2. The molecule has 2 aromatic rings. The molecule has 0 fully saturated rings. The maximum absolute atomic E-state index is 12.7. The van der Waals surface area contributed by atoms with Crippen LogP contribution in [0.1, 0.15) is 18.1 Å². The SMILES string of the molecule is COc1ccc(C2=NN(C(C)=O)[C@@]3(O2)C(=O)Nc2ccccc23)cc1. The number of nitrogens with zero attached hydrogens (tertiary/aromatic N) is 2. The number of hydrazone groups is 1. The molecule has 126 valence electrons. The van der Waals surface area contributed by atoms with Crippen molar-refractivity contribution in [2.75, 3.05) is 12.4 Å². The number of methoxy groups -OCH3 is 1. The molecule has 0 unspecified atom stereocenters. The van der Waals surface area contributed by atoms with Crippen molar-refractivity contribution in [3.05, 3.63) is 59.7 Å². The number of amides is 2. The van der Waals surface area contributed by atoms with Gasteiger partial charge in [-0.05, 0) is 30.3 Å². The molecule has 0 saturated carbocycles. The summed E-state index contributed by atoms with van der Waals surface area (Å²) >= 11 is 0. The van der Waals surface area contributed by atoms with Crippen LogP contribution in [0, 0.1) is 0 Å². The predicted octanol–water partition coefficient (Wildman–Crippen LogP) is 2.04. The Balaban J connectivity index is 1.81. The zero-order valence-corrected chi connectivity index (χ0v) is 13.6. The van der Waals surface area contributed by atoms with Gasteiger partial charge in [-0.2, -0.15) is 5.01 Å². The minimum absolute atomic E-state index is 0.199. The third-order valence-corrected chi connectivity index (χ3v) is 4.22. The lowest BCUT2D eigenvalue weighted by Gasteiger charge is -2.28. The van der Waals surface area contributed by atoms with Gasteiger partial charge in [0.1, 0.15) is 5.75 Å². The number of carbonyl (C=O) groups excluding carboxylic acids is 2. The van der Waals surface area contributed by atoms with E-state index in [2.05, 4.69) is 10.4 Å². The summed E-state index contributed by atoms with van der Waals surface area (Å²) in [5, 5.41) is 8.12. The Morgan fingerprint density at radius 1 is 1.20 bits per heavy atom. The molecule has 0 aliphatic carbocycles. The predicted molar refractivity (Wildman–Crippen MR) is 89.9 cm³/mol. The Morgan fingerprint density at radius 2 is 1.92 bits per heavy atom. The third-order valence-electron chi connectivity index (χ3n) is 4.22. The van der Waals surface area contributed by atoms with Gasteiger partial charge in [-0.1, -0.05) is 18.2 Å². The van der Waals surface area contributed by atoms with Crippen molar-refractivity contribution in [2.24, 2.45) is 5.10 Å². The van der Waals surface area contributed by atoms with E-state index in [1.165, 1.54) is 6.92 Å². The van der Waals surface area contributed by atoms with Crippen LogP contribution in [0.5, 0.6) is 5.75 Å². The van der Waals surface area contributed by atoms with Crippen molar-refractivity contribution in [1.82, 2.24) is 5.01 Å². The standard InChI is InChI=1S/C18H15N3O4/c1-11(22)21-18(14-5-3-4-6-15(14)19-17(18)23)25-16(20-21)12-7-9-13(24-2)10-8-12/h3-10H,1-2H3,(H,19,23)/t18-/m0/s1. The number of benzene rings is 2. The summed E-state index contributed by atoms with van der Waals surface area (Å²) < 4.78 is 11.1. The van der Waals surface area contributed by atoms with Gasteiger partial charge in [0.15, 0.2) is 0 Å². The highest BCUT2D eigenvalue weighted by atomic mass is 16.6. The highest BCUT2D eigenvalue weighted by molar-refractivity contribution is 6.10. The number of ether oxygens (including phenoxy) is 2. The maximum atomic E-state index is 12.7. The summed E-state index contributed by atoms with van der Waals surface area (Å²) in [6.07, 6.45) is 0. The van der Waals surface area contributed by atoms with Gasteiger partial charge in [0.2, 0.25) is 11.8 Å². The lowest BCUT2D eigenvalue weighted by Crippen LogP contribution is -2.49. The molecule has 2 aliphatic heterocycles. The Bertz CT molecular complexity index is 907. The van der Waals surface area contributed by atoms with E-state index in [1.54, 1.807) is 55.6 Å². The van der Waals surface area contributed by atoms with Gasteiger partial charge >= 0.3 is 5.72 Å². The Kier molecular flexibility index (Phi) is 3.24. The minimum atomic E-state index is -1.61. The summed E-state index contributed by atoms with van der Waals surface area (Å²) in [7, 11) is 1.57. The van der Waals surface area contributed by atoms with Crippen molar-refractivity contribution < 1.29 is 19.1 Å². The van der Waals surface area contributed by atoms with Gasteiger partial charge in [-0.3, -0.25) is 9.59 Å². The molecule has 1 spiro atoms. The molecule has 2 heterocycles. The molecule has 0 aromatic heterocycles. The lowest BCUT2D eigenvalue weighted by atomic mass is 10.0. The van der Waals surface area contributed by atoms with E-state index in [0.717, 1.165) is 5.01 Å². The van der Waals surface area contributed by atoms with Gasteiger partial charge in [-0.25, -0.2) is 0 Å². The number of anilines is 1. The Labute approximate surface area is 143 Å². The van der Waals surface area contributed by atoms with Gasteiger partial charge in [0.05, 0.1) is 18.4 Å². The Hall–Kier alpha value is -3.35. The van der Waals surface area contributed by atoms with E-state index >= 15 is 0 Å². The van der Waals surface area contributed by atoms with Gasteiger partial charge < -0.3 is 14.8 Å². The molecule has 0 bridgehead atoms. The minimum Gasteiger partial charge on any atom is -0.497 e. The molecule has 1 atom stereocenters. The normalized spacial score (nSPS) is 20.8. The molecule has 2 amide bonds. The van der Waals surface area contributed by atoms with Crippen LogP contribution >= 0.6 is 0 Å². The summed E-state index contributed by atoms with van der Waals surface area (Å²) in [6.45, 7) is 1.35. The van der Waals surface area contributed by atoms with Crippen LogP contribution in [-0.2, 0) is 20.1 Å². The number of fused-ring (bicyclic) bond motifs is 2. The second-order valence-electron chi connectivity index (χ2n) is 5.71. The summed E-state index contributed by atoms with van der Waals surface area (Å²) in [4.78, 5) is 24.9. The van der Waals surface area contributed by atoms with Crippen LogP contribution in [0.3, 0.4) is 0 Å². The number of nitrogens with one attached hydrogen (secondary N) is 1. The van der Waals surface area contributed by atoms with Crippen LogP contribution in [0.25, 0.3) is 0 Å². The average molecular weight is 337 g/mol.